The van der Waals surface area contributed by atoms with Crippen molar-refractivity contribution in [2.45, 2.75) is 32.1 Å². The molecule has 3 rings (SSSR count). The van der Waals surface area contributed by atoms with E-state index in [0.29, 0.717) is 5.15 Å². The molecule has 0 radical (unpaired) electrons. The molecular weight excluding hydrogens is 278 g/mol. The van der Waals surface area contributed by atoms with Crippen LogP contribution in [0.4, 0.5) is 0 Å². The van der Waals surface area contributed by atoms with Crippen LogP contribution < -0.4 is 0 Å². The summed E-state index contributed by atoms with van der Waals surface area (Å²) in [6, 6.07) is 0. The highest BCUT2D eigenvalue weighted by atomic mass is 35.5. The topological polar surface area (TPSA) is 56.5 Å². The van der Waals surface area contributed by atoms with Crippen LogP contribution in [-0.2, 0) is 9.53 Å². The highest BCUT2D eigenvalue weighted by molar-refractivity contribution is 6.32. The molecule has 0 aromatic carbocycles. The maximum Gasteiger partial charge on any atom is 0.311 e. The van der Waals surface area contributed by atoms with Crippen molar-refractivity contribution < 1.29 is 9.53 Å². The fourth-order valence-corrected chi connectivity index (χ4v) is 3.31. The quantitative estimate of drug-likeness (QED) is 0.799. The van der Waals surface area contributed by atoms with Gasteiger partial charge in [0, 0.05) is 18.3 Å². The summed E-state index contributed by atoms with van der Waals surface area (Å²) in [5, 5.41) is 0.444. The lowest BCUT2D eigenvalue weighted by Gasteiger charge is -2.20. The first-order valence-corrected chi connectivity index (χ1v) is 6.99. The zero-order chi connectivity index (χ0) is 14.3. The fourth-order valence-electron chi connectivity index (χ4n) is 3.11. The summed E-state index contributed by atoms with van der Waals surface area (Å²) >= 11 is 6.06. The molecule has 2 aromatic heterocycles. The molecular formula is C14H16ClN3O2. The highest BCUT2D eigenvalue weighted by Crippen LogP contribution is 2.46. The molecule has 0 spiro atoms. The van der Waals surface area contributed by atoms with Gasteiger partial charge in [-0.2, -0.15) is 0 Å². The molecule has 106 valence electrons. The summed E-state index contributed by atoms with van der Waals surface area (Å²) in [6.07, 6.45) is 7.74. The average molecular weight is 294 g/mol. The van der Waals surface area contributed by atoms with Gasteiger partial charge in [-0.05, 0) is 26.2 Å². The Morgan fingerprint density at radius 1 is 1.55 bits per heavy atom. The van der Waals surface area contributed by atoms with Crippen LogP contribution >= 0.6 is 11.6 Å². The molecule has 0 N–H and O–H groups in total. The standard InChI is InChI=1S/C14H16ClN3O2/c1-14(13(19)20-2)4-3-9(7-14)12-17-8-10-11(15)16-5-6-18(10)12/h5-6,8-9H,3-4,7H2,1-2H3/t9-,14+/m1/s1. The van der Waals surface area contributed by atoms with Crippen LogP contribution in [0, 0.1) is 5.41 Å². The molecule has 1 aliphatic rings. The Bertz CT molecular complexity index is 669. The number of hydrogen-bond acceptors (Lipinski definition) is 4. The van der Waals surface area contributed by atoms with Gasteiger partial charge < -0.3 is 4.74 Å². The lowest BCUT2D eigenvalue weighted by Crippen LogP contribution is -2.26. The SMILES string of the molecule is COC(=O)[C@@]1(C)CC[C@@H](c2ncc3c(Cl)nccn23)C1. The van der Waals surface area contributed by atoms with Gasteiger partial charge in [0.25, 0.3) is 0 Å². The van der Waals surface area contributed by atoms with Crippen LogP contribution in [-0.4, -0.2) is 27.4 Å². The van der Waals surface area contributed by atoms with Gasteiger partial charge in [-0.1, -0.05) is 11.6 Å². The van der Waals surface area contributed by atoms with Crippen LogP contribution in [0.2, 0.25) is 5.15 Å². The van der Waals surface area contributed by atoms with Gasteiger partial charge in [-0.15, -0.1) is 0 Å². The zero-order valence-corrected chi connectivity index (χ0v) is 12.2. The molecule has 0 bridgehead atoms. The lowest BCUT2D eigenvalue weighted by atomic mass is 9.88. The van der Waals surface area contributed by atoms with Gasteiger partial charge in [-0.3, -0.25) is 9.20 Å². The molecule has 20 heavy (non-hydrogen) atoms. The monoisotopic (exact) mass is 293 g/mol. The first-order chi connectivity index (χ1) is 9.55. The molecule has 0 unspecified atom stereocenters. The molecule has 1 aliphatic carbocycles. The number of rotatable bonds is 2. The lowest BCUT2D eigenvalue weighted by molar-refractivity contribution is -0.151. The Labute approximate surface area is 121 Å². The van der Waals surface area contributed by atoms with Crippen molar-refractivity contribution in [3.63, 3.8) is 0 Å². The number of fused-ring (bicyclic) bond motifs is 1. The molecule has 1 saturated carbocycles. The number of carbonyl (C=O) groups excluding carboxylic acids is 1. The molecule has 0 aliphatic heterocycles. The molecule has 2 aromatic rings. The summed E-state index contributed by atoms with van der Waals surface area (Å²) in [6.45, 7) is 1.96. The Morgan fingerprint density at radius 2 is 2.35 bits per heavy atom. The Balaban J connectivity index is 1.94. The number of nitrogens with zero attached hydrogens (tertiary/aromatic N) is 3. The number of esters is 1. The molecule has 6 heteroatoms. The van der Waals surface area contributed by atoms with Crippen LogP contribution in [0.3, 0.4) is 0 Å². The second kappa shape index (κ2) is 4.74. The fraction of sp³-hybridized carbons (Fsp3) is 0.500. The molecule has 1 fully saturated rings. The third-order valence-corrected chi connectivity index (χ3v) is 4.52. The average Bonchev–Trinajstić information content (AvgIpc) is 3.03. The van der Waals surface area contributed by atoms with E-state index in [1.54, 1.807) is 12.4 Å². The summed E-state index contributed by atoms with van der Waals surface area (Å²) < 4.78 is 6.87. The van der Waals surface area contributed by atoms with Gasteiger partial charge in [0.2, 0.25) is 0 Å². The van der Waals surface area contributed by atoms with Crippen LogP contribution in [0.5, 0.6) is 0 Å². The number of halogens is 1. The number of hydrogen-bond donors (Lipinski definition) is 0. The summed E-state index contributed by atoms with van der Waals surface area (Å²) in [4.78, 5) is 20.4. The van der Waals surface area contributed by atoms with E-state index in [9.17, 15) is 4.79 Å². The predicted molar refractivity (Wildman–Crippen MR) is 74.7 cm³/mol. The minimum atomic E-state index is -0.415. The summed E-state index contributed by atoms with van der Waals surface area (Å²) in [5.74, 6) is 1.04. The van der Waals surface area contributed by atoms with E-state index >= 15 is 0 Å². The number of methoxy groups -OCH3 is 1. The van der Waals surface area contributed by atoms with E-state index in [2.05, 4.69) is 9.97 Å². The van der Waals surface area contributed by atoms with E-state index < -0.39 is 5.41 Å². The first-order valence-electron chi connectivity index (χ1n) is 6.61. The first kappa shape index (κ1) is 13.4. The highest BCUT2D eigenvalue weighted by Gasteiger charge is 2.43. The molecule has 2 heterocycles. The number of carbonyl (C=O) groups is 1. The second-order valence-electron chi connectivity index (χ2n) is 5.58. The van der Waals surface area contributed by atoms with E-state index in [0.717, 1.165) is 30.6 Å². The van der Waals surface area contributed by atoms with Crippen molar-refractivity contribution in [1.82, 2.24) is 14.4 Å². The van der Waals surface area contributed by atoms with Crippen molar-refractivity contribution in [2.75, 3.05) is 7.11 Å². The van der Waals surface area contributed by atoms with E-state index in [4.69, 9.17) is 16.3 Å². The number of ether oxygens (including phenoxy) is 1. The summed E-state index contributed by atoms with van der Waals surface area (Å²) in [5.41, 5.74) is 0.387. The van der Waals surface area contributed by atoms with Crippen molar-refractivity contribution in [3.8, 4) is 0 Å². The smallest absolute Gasteiger partial charge is 0.311 e. The van der Waals surface area contributed by atoms with Crippen molar-refractivity contribution in [1.29, 1.82) is 0 Å². The molecule has 0 amide bonds. The van der Waals surface area contributed by atoms with Crippen LogP contribution in [0.15, 0.2) is 18.6 Å². The van der Waals surface area contributed by atoms with Gasteiger partial charge in [0.1, 0.15) is 11.3 Å². The second-order valence-corrected chi connectivity index (χ2v) is 5.94. The molecule has 0 saturated heterocycles. The van der Waals surface area contributed by atoms with Gasteiger partial charge in [0.05, 0.1) is 18.7 Å². The van der Waals surface area contributed by atoms with Crippen molar-refractivity contribution in [3.05, 3.63) is 29.6 Å². The minimum absolute atomic E-state index is 0.138. The normalized spacial score (nSPS) is 26.1. The van der Waals surface area contributed by atoms with Gasteiger partial charge >= 0.3 is 5.97 Å². The van der Waals surface area contributed by atoms with Crippen molar-refractivity contribution in [2.24, 2.45) is 5.41 Å². The molecule has 5 nitrogen and oxygen atoms in total. The maximum absolute atomic E-state index is 11.9. The van der Waals surface area contributed by atoms with Crippen LogP contribution in [0.1, 0.15) is 37.9 Å². The third-order valence-electron chi connectivity index (χ3n) is 4.23. The largest absolute Gasteiger partial charge is 0.469 e. The Hall–Kier alpha value is -1.62. The Kier molecular flexibility index (Phi) is 3.17. The predicted octanol–water partition coefficient (Wildman–Crippen LogP) is 2.83. The maximum atomic E-state index is 11.9. The van der Waals surface area contributed by atoms with Gasteiger partial charge in [0.15, 0.2) is 5.15 Å². The summed E-state index contributed by atoms with van der Waals surface area (Å²) in [7, 11) is 1.44. The number of aromatic nitrogens is 3. The zero-order valence-electron chi connectivity index (χ0n) is 11.5. The van der Waals surface area contributed by atoms with E-state index in [-0.39, 0.29) is 11.9 Å². The Morgan fingerprint density at radius 3 is 3.10 bits per heavy atom. The number of imidazole rings is 1. The minimum Gasteiger partial charge on any atom is -0.469 e. The third kappa shape index (κ3) is 1.97. The van der Waals surface area contributed by atoms with E-state index in [1.807, 2.05) is 17.5 Å². The van der Waals surface area contributed by atoms with Crippen molar-refractivity contribution >= 4 is 23.1 Å². The molecule has 2 atom stereocenters. The van der Waals surface area contributed by atoms with Crippen LogP contribution in [0.25, 0.3) is 5.52 Å². The van der Waals surface area contributed by atoms with Gasteiger partial charge in [-0.25, -0.2) is 9.97 Å². The van der Waals surface area contributed by atoms with E-state index in [1.165, 1.54) is 7.11 Å².